The maximum Gasteiger partial charge on any atom is 0.168 e. The van der Waals surface area contributed by atoms with Gasteiger partial charge in [-0.25, -0.2) is 0 Å². The summed E-state index contributed by atoms with van der Waals surface area (Å²) in [5, 5.41) is 8.58. The fraction of sp³-hybridized carbons (Fsp3) is 0.692. The molecule has 5 heteroatoms. The van der Waals surface area contributed by atoms with Gasteiger partial charge in [0.25, 0.3) is 0 Å². The number of hydrogen-bond donors (Lipinski definition) is 1. The van der Waals surface area contributed by atoms with E-state index in [9.17, 15) is 0 Å². The van der Waals surface area contributed by atoms with Crippen LogP contribution in [0.4, 0.5) is 0 Å². The minimum atomic E-state index is 0.805. The molecule has 1 heterocycles. The standard InChI is InChI=1S/C13H24N4S/c1-6-8-14-13(18)16(5)9-12-10(3)15-17(7-2)11(12)4/h6-9H2,1-5H3,(H,14,18). The van der Waals surface area contributed by atoms with Gasteiger partial charge in [-0.3, -0.25) is 4.68 Å². The van der Waals surface area contributed by atoms with Crippen LogP contribution in [0.5, 0.6) is 0 Å². The first-order valence-corrected chi connectivity index (χ1v) is 6.93. The summed E-state index contributed by atoms with van der Waals surface area (Å²) < 4.78 is 2.04. The molecule has 0 aromatic carbocycles. The van der Waals surface area contributed by atoms with Crippen molar-refractivity contribution < 1.29 is 0 Å². The lowest BCUT2D eigenvalue weighted by Gasteiger charge is -2.21. The van der Waals surface area contributed by atoms with Gasteiger partial charge in [0, 0.05) is 37.9 Å². The zero-order valence-electron chi connectivity index (χ0n) is 12.1. The molecule has 0 amide bonds. The average molecular weight is 268 g/mol. The van der Waals surface area contributed by atoms with Crippen LogP contribution in [0.15, 0.2) is 0 Å². The minimum absolute atomic E-state index is 0.805. The lowest BCUT2D eigenvalue weighted by Crippen LogP contribution is -2.37. The Kier molecular flexibility index (Phi) is 5.59. The average Bonchev–Trinajstić information content (AvgIpc) is 2.63. The molecule has 1 aromatic rings. The van der Waals surface area contributed by atoms with E-state index in [0.29, 0.717) is 0 Å². The number of aromatic nitrogens is 2. The minimum Gasteiger partial charge on any atom is -0.363 e. The molecule has 0 aliphatic rings. The Balaban J connectivity index is 2.72. The molecule has 0 radical (unpaired) electrons. The van der Waals surface area contributed by atoms with Crippen molar-refractivity contribution in [3.05, 3.63) is 17.0 Å². The summed E-state index contributed by atoms with van der Waals surface area (Å²) >= 11 is 5.35. The van der Waals surface area contributed by atoms with Crippen molar-refractivity contribution in [3.63, 3.8) is 0 Å². The Morgan fingerprint density at radius 3 is 2.56 bits per heavy atom. The summed E-state index contributed by atoms with van der Waals surface area (Å²) in [5.41, 5.74) is 3.61. The van der Waals surface area contributed by atoms with Crippen molar-refractivity contribution in [2.75, 3.05) is 13.6 Å². The van der Waals surface area contributed by atoms with Gasteiger partial charge >= 0.3 is 0 Å². The van der Waals surface area contributed by atoms with Crippen LogP contribution < -0.4 is 5.32 Å². The first-order valence-electron chi connectivity index (χ1n) is 6.53. The van der Waals surface area contributed by atoms with Crippen LogP contribution in [0.25, 0.3) is 0 Å². The first kappa shape index (κ1) is 15.0. The predicted octanol–water partition coefficient (Wildman–Crippen LogP) is 2.24. The van der Waals surface area contributed by atoms with Crippen LogP contribution in [0, 0.1) is 13.8 Å². The van der Waals surface area contributed by atoms with Crippen molar-refractivity contribution >= 4 is 17.3 Å². The van der Waals surface area contributed by atoms with Gasteiger partial charge < -0.3 is 10.2 Å². The van der Waals surface area contributed by atoms with E-state index in [0.717, 1.165) is 36.9 Å². The molecule has 0 atom stereocenters. The van der Waals surface area contributed by atoms with E-state index in [2.05, 4.69) is 43.0 Å². The van der Waals surface area contributed by atoms with Gasteiger partial charge in [-0.15, -0.1) is 0 Å². The fourth-order valence-electron chi connectivity index (χ4n) is 1.95. The molecule has 0 unspecified atom stereocenters. The maximum atomic E-state index is 5.35. The van der Waals surface area contributed by atoms with E-state index in [-0.39, 0.29) is 0 Å². The fourth-order valence-corrected chi connectivity index (χ4v) is 2.11. The normalized spacial score (nSPS) is 10.5. The number of nitrogens with one attached hydrogen (secondary N) is 1. The molecule has 0 saturated heterocycles. The molecule has 0 aliphatic carbocycles. The van der Waals surface area contributed by atoms with E-state index in [1.165, 1.54) is 11.3 Å². The van der Waals surface area contributed by atoms with E-state index in [1.54, 1.807) is 0 Å². The molecule has 1 aromatic heterocycles. The second-order valence-corrected chi connectivity index (χ2v) is 4.94. The van der Waals surface area contributed by atoms with Crippen LogP contribution in [-0.2, 0) is 13.1 Å². The highest BCUT2D eigenvalue weighted by Crippen LogP contribution is 2.15. The van der Waals surface area contributed by atoms with Gasteiger partial charge in [0.05, 0.1) is 5.69 Å². The molecule has 4 nitrogen and oxygen atoms in total. The molecule has 0 saturated carbocycles. The highest BCUT2D eigenvalue weighted by molar-refractivity contribution is 7.80. The predicted molar refractivity (Wildman–Crippen MR) is 79.7 cm³/mol. The van der Waals surface area contributed by atoms with Gasteiger partial charge in [0.1, 0.15) is 0 Å². The van der Waals surface area contributed by atoms with Gasteiger partial charge in [0.2, 0.25) is 0 Å². The number of hydrogen-bond acceptors (Lipinski definition) is 2. The molecular formula is C13H24N4S. The third-order valence-electron chi connectivity index (χ3n) is 3.10. The Morgan fingerprint density at radius 2 is 2.06 bits per heavy atom. The lowest BCUT2D eigenvalue weighted by atomic mass is 10.2. The second kappa shape index (κ2) is 6.73. The Hall–Kier alpha value is -1.10. The quantitative estimate of drug-likeness (QED) is 0.830. The SMILES string of the molecule is CCCNC(=S)N(C)Cc1c(C)nn(CC)c1C. The molecule has 1 N–H and O–H groups in total. The smallest absolute Gasteiger partial charge is 0.168 e. The molecular weight excluding hydrogens is 244 g/mol. The summed E-state index contributed by atoms with van der Waals surface area (Å²) in [6.45, 7) is 11.1. The maximum absolute atomic E-state index is 5.35. The van der Waals surface area contributed by atoms with Crippen molar-refractivity contribution in [1.82, 2.24) is 20.0 Å². The third kappa shape index (κ3) is 3.45. The molecule has 0 bridgehead atoms. The lowest BCUT2D eigenvalue weighted by molar-refractivity contribution is 0.485. The third-order valence-corrected chi connectivity index (χ3v) is 3.56. The van der Waals surface area contributed by atoms with Crippen LogP contribution in [0.1, 0.15) is 37.2 Å². The summed E-state index contributed by atoms with van der Waals surface area (Å²) in [4.78, 5) is 2.07. The molecule has 0 aliphatic heterocycles. The summed E-state index contributed by atoms with van der Waals surface area (Å²) in [6.07, 6.45) is 1.08. The van der Waals surface area contributed by atoms with Crippen LogP contribution in [-0.4, -0.2) is 33.4 Å². The summed E-state index contributed by atoms with van der Waals surface area (Å²) in [5.74, 6) is 0. The topological polar surface area (TPSA) is 33.1 Å². The highest BCUT2D eigenvalue weighted by atomic mass is 32.1. The van der Waals surface area contributed by atoms with E-state index >= 15 is 0 Å². The highest BCUT2D eigenvalue weighted by Gasteiger charge is 2.13. The van der Waals surface area contributed by atoms with E-state index in [4.69, 9.17) is 12.2 Å². The zero-order valence-corrected chi connectivity index (χ0v) is 12.9. The molecule has 1 rings (SSSR count). The number of nitrogens with zero attached hydrogens (tertiary/aromatic N) is 3. The van der Waals surface area contributed by atoms with Gasteiger partial charge in [-0.05, 0) is 39.4 Å². The van der Waals surface area contributed by atoms with E-state index in [1.807, 2.05) is 11.7 Å². The zero-order chi connectivity index (χ0) is 13.7. The van der Waals surface area contributed by atoms with E-state index < -0.39 is 0 Å². The van der Waals surface area contributed by atoms with Gasteiger partial charge in [-0.2, -0.15) is 5.10 Å². The molecule has 102 valence electrons. The van der Waals surface area contributed by atoms with Crippen LogP contribution in [0.2, 0.25) is 0 Å². The first-order chi connectivity index (χ1) is 8.51. The molecule has 0 spiro atoms. The van der Waals surface area contributed by atoms with Crippen molar-refractivity contribution in [1.29, 1.82) is 0 Å². The van der Waals surface area contributed by atoms with Gasteiger partial charge in [-0.1, -0.05) is 6.92 Å². The summed E-state index contributed by atoms with van der Waals surface area (Å²) in [6, 6.07) is 0. The van der Waals surface area contributed by atoms with Crippen molar-refractivity contribution in [3.8, 4) is 0 Å². The number of rotatable bonds is 5. The number of aryl methyl sites for hydroxylation is 2. The summed E-state index contributed by atoms with van der Waals surface area (Å²) in [7, 11) is 2.02. The largest absolute Gasteiger partial charge is 0.363 e. The van der Waals surface area contributed by atoms with Crippen LogP contribution in [0.3, 0.4) is 0 Å². The molecule has 18 heavy (non-hydrogen) atoms. The van der Waals surface area contributed by atoms with Crippen molar-refractivity contribution in [2.24, 2.45) is 0 Å². The van der Waals surface area contributed by atoms with Crippen molar-refractivity contribution in [2.45, 2.75) is 47.2 Å². The monoisotopic (exact) mass is 268 g/mol. The Labute approximate surface area is 115 Å². The Bertz CT molecular complexity index is 411. The Morgan fingerprint density at radius 1 is 1.39 bits per heavy atom. The number of thiocarbonyl (C=S) groups is 1. The van der Waals surface area contributed by atoms with Crippen LogP contribution >= 0.6 is 12.2 Å². The second-order valence-electron chi connectivity index (χ2n) is 4.55. The molecule has 0 fully saturated rings. The van der Waals surface area contributed by atoms with Gasteiger partial charge in [0.15, 0.2) is 5.11 Å².